The quantitative estimate of drug-likeness (QED) is 0.213. The van der Waals surface area contributed by atoms with Crippen molar-refractivity contribution in [2.75, 3.05) is 13.2 Å². The van der Waals surface area contributed by atoms with E-state index in [9.17, 15) is 4.79 Å². The molecule has 1 heterocycles. The lowest BCUT2D eigenvalue weighted by Crippen LogP contribution is -2.26. The Morgan fingerprint density at radius 2 is 1.66 bits per heavy atom. The summed E-state index contributed by atoms with van der Waals surface area (Å²) >= 11 is 0. The number of rotatable bonds is 12. The maximum Gasteiger partial charge on any atom is 0.224 e. The van der Waals surface area contributed by atoms with Crippen LogP contribution in [0.1, 0.15) is 62.5 Å². The Labute approximate surface area is 227 Å². The molecule has 200 valence electrons. The van der Waals surface area contributed by atoms with Crippen LogP contribution in [0, 0.1) is 6.92 Å². The predicted molar refractivity (Wildman–Crippen MR) is 156 cm³/mol. The van der Waals surface area contributed by atoms with Crippen LogP contribution >= 0.6 is 0 Å². The molecular formula is C33H41N3O2. The van der Waals surface area contributed by atoms with Crippen molar-refractivity contribution in [2.45, 2.75) is 71.8 Å². The van der Waals surface area contributed by atoms with Gasteiger partial charge >= 0.3 is 0 Å². The first kappa shape index (κ1) is 27.4. The van der Waals surface area contributed by atoms with Crippen molar-refractivity contribution in [2.24, 2.45) is 0 Å². The van der Waals surface area contributed by atoms with Gasteiger partial charge in [0.25, 0.3) is 0 Å². The lowest BCUT2D eigenvalue weighted by Gasteiger charge is -2.19. The van der Waals surface area contributed by atoms with Crippen molar-refractivity contribution in [1.82, 2.24) is 14.9 Å². The van der Waals surface area contributed by atoms with Crippen molar-refractivity contribution < 1.29 is 9.53 Å². The number of hydrogen-bond acceptors (Lipinski definition) is 3. The average Bonchev–Trinajstić information content (AvgIpc) is 3.25. The van der Waals surface area contributed by atoms with Gasteiger partial charge in [-0.1, -0.05) is 69.3 Å². The molecule has 0 unspecified atom stereocenters. The third-order valence-corrected chi connectivity index (χ3v) is 7.01. The molecule has 1 N–H and O–H groups in total. The first-order valence-electron chi connectivity index (χ1n) is 13.8. The number of carbonyl (C=O) groups is 1. The molecule has 0 saturated heterocycles. The van der Waals surface area contributed by atoms with Gasteiger partial charge in [-0.05, 0) is 72.6 Å². The number of para-hydroxylation sites is 2. The van der Waals surface area contributed by atoms with Crippen LogP contribution in [0.25, 0.3) is 11.0 Å². The topological polar surface area (TPSA) is 56.2 Å². The fourth-order valence-electron chi connectivity index (χ4n) is 4.70. The first-order chi connectivity index (χ1) is 18.3. The summed E-state index contributed by atoms with van der Waals surface area (Å²) in [4.78, 5) is 17.3. The van der Waals surface area contributed by atoms with Crippen LogP contribution in [0.4, 0.5) is 0 Å². The molecular weight excluding hydrogens is 470 g/mol. The van der Waals surface area contributed by atoms with Crippen LogP contribution in [-0.2, 0) is 29.6 Å². The largest absolute Gasteiger partial charge is 0.494 e. The zero-order valence-corrected chi connectivity index (χ0v) is 23.3. The number of aryl methyl sites for hydroxylation is 3. The van der Waals surface area contributed by atoms with E-state index in [0.29, 0.717) is 19.6 Å². The van der Waals surface area contributed by atoms with E-state index in [1.807, 2.05) is 37.3 Å². The Morgan fingerprint density at radius 3 is 2.42 bits per heavy atom. The molecule has 5 heteroatoms. The summed E-state index contributed by atoms with van der Waals surface area (Å²) in [6, 6.07) is 24.8. The average molecular weight is 512 g/mol. The van der Waals surface area contributed by atoms with Crippen LogP contribution < -0.4 is 10.1 Å². The van der Waals surface area contributed by atoms with Gasteiger partial charge in [-0.25, -0.2) is 4.98 Å². The molecule has 0 aliphatic rings. The number of ether oxygens (including phenoxy) is 1. The van der Waals surface area contributed by atoms with Crippen LogP contribution in [0.2, 0.25) is 0 Å². The van der Waals surface area contributed by atoms with Crippen LogP contribution in [-0.4, -0.2) is 28.6 Å². The van der Waals surface area contributed by atoms with E-state index >= 15 is 0 Å². The summed E-state index contributed by atoms with van der Waals surface area (Å²) in [5, 5.41) is 3.08. The minimum absolute atomic E-state index is 0.0702. The lowest BCUT2D eigenvalue weighted by atomic mass is 9.87. The van der Waals surface area contributed by atoms with Gasteiger partial charge in [-0.3, -0.25) is 4.79 Å². The molecule has 0 fully saturated rings. The zero-order valence-electron chi connectivity index (χ0n) is 23.3. The number of carbonyl (C=O) groups excluding carboxylic acids is 1. The van der Waals surface area contributed by atoms with Gasteiger partial charge in [-0.2, -0.15) is 0 Å². The number of nitrogens with one attached hydrogen (secondary N) is 1. The van der Waals surface area contributed by atoms with Gasteiger partial charge in [0.1, 0.15) is 11.6 Å². The number of fused-ring (bicyclic) bond motifs is 1. The van der Waals surface area contributed by atoms with Gasteiger partial charge in [0, 0.05) is 19.5 Å². The molecule has 0 aliphatic carbocycles. The number of benzene rings is 3. The van der Waals surface area contributed by atoms with E-state index in [1.165, 1.54) is 11.1 Å². The molecule has 38 heavy (non-hydrogen) atoms. The van der Waals surface area contributed by atoms with Crippen LogP contribution in [0.15, 0.2) is 72.8 Å². The van der Waals surface area contributed by atoms with Crippen molar-refractivity contribution >= 4 is 16.9 Å². The number of nitrogens with zero attached hydrogens (tertiary/aromatic N) is 2. The fraction of sp³-hybridized carbons (Fsp3) is 0.394. The Hall–Kier alpha value is -3.60. The molecule has 0 aliphatic heterocycles. The Balaban J connectivity index is 1.25. The minimum atomic E-state index is 0.0702. The van der Waals surface area contributed by atoms with Crippen molar-refractivity contribution in [3.63, 3.8) is 0 Å². The van der Waals surface area contributed by atoms with Crippen molar-refractivity contribution in [3.8, 4) is 5.75 Å². The third-order valence-electron chi connectivity index (χ3n) is 7.01. The number of aromatic nitrogens is 2. The molecule has 4 aromatic rings. The fourth-order valence-corrected chi connectivity index (χ4v) is 4.70. The van der Waals surface area contributed by atoms with Crippen LogP contribution in [0.5, 0.6) is 5.75 Å². The minimum Gasteiger partial charge on any atom is -0.494 e. The highest BCUT2D eigenvalue weighted by molar-refractivity contribution is 5.79. The number of imidazole rings is 1. The zero-order chi connectivity index (χ0) is 27.0. The third kappa shape index (κ3) is 7.47. The van der Waals surface area contributed by atoms with Crippen molar-refractivity contribution in [1.29, 1.82) is 0 Å². The highest BCUT2D eigenvalue weighted by atomic mass is 16.5. The normalized spacial score (nSPS) is 11.6. The second-order valence-electron chi connectivity index (χ2n) is 11.1. The smallest absolute Gasteiger partial charge is 0.224 e. The first-order valence-corrected chi connectivity index (χ1v) is 13.8. The molecule has 3 aromatic carbocycles. The van der Waals surface area contributed by atoms with E-state index in [1.54, 1.807) is 0 Å². The molecule has 0 radical (unpaired) electrons. The van der Waals surface area contributed by atoms with E-state index in [2.05, 4.69) is 73.1 Å². The van der Waals surface area contributed by atoms with Gasteiger partial charge in [0.15, 0.2) is 0 Å². The lowest BCUT2D eigenvalue weighted by molar-refractivity contribution is -0.120. The molecule has 1 aromatic heterocycles. The van der Waals surface area contributed by atoms with Gasteiger partial charge in [-0.15, -0.1) is 0 Å². The summed E-state index contributed by atoms with van der Waals surface area (Å²) in [5.74, 6) is 2.08. The van der Waals surface area contributed by atoms with Gasteiger partial charge in [0.05, 0.1) is 24.1 Å². The summed E-state index contributed by atoms with van der Waals surface area (Å²) in [5.41, 5.74) is 5.90. The number of hydrogen-bond donors (Lipinski definition) is 1. The van der Waals surface area contributed by atoms with Crippen molar-refractivity contribution in [3.05, 3.63) is 95.3 Å². The maximum absolute atomic E-state index is 12.4. The Morgan fingerprint density at radius 1 is 0.921 bits per heavy atom. The molecule has 0 atom stereocenters. The molecule has 4 rings (SSSR count). The molecule has 0 saturated carbocycles. The van der Waals surface area contributed by atoms with E-state index < -0.39 is 0 Å². The summed E-state index contributed by atoms with van der Waals surface area (Å²) in [6.07, 6.45) is 4.10. The maximum atomic E-state index is 12.4. The Kier molecular flexibility index (Phi) is 9.22. The van der Waals surface area contributed by atoms with E-state index in [4.69, 9.17) is 9.72 Å². The summed E-state index contributed by atoms with van der Waals surface area (Å²) < 4.78 is 8.33. The monoisotopic (exact) mass is 511 g/mol. The van der Waals surface area contributed by atoms with E-state index in [-0.39, 0.29) is 11.3 Å². The molecule has 0 spiro atoms. The van der Waals surface area contributed by atoms with Gasteiger partial charge in [0.2, 0.25) is 5.91 Å². The van der Waals surface area contributed by atoms with E-state index in [0.717, 1.165) is 60.4 Å². The highest BCUT2D eigenvalue weighted by Crippen LogP contribution is 2.24. The Bertz CT molecular complexity index is 1330. The SMILES string of the molecule is Cc1ccccc1CC(=O)NCCCc1nc2ccccc2n1CCCCOc1ccc(C(C)(C)C)cc1. The number of amides is 1. The molecule has 1 amide bonds. The molecule has 0 bridgehead atoms. The highest BCUT2D eigenvalue weighted by Gasteiger charge is 2.13. The number of unbranched alkanes of at least 4 members (excludes halogenated alkanes) is 1. The summed E-state index contributed by atoms with van der Waals surface area (Å²) in [6.45, 7) is 11.0. The molecule has 5 nitrogen and oxygen atoms in total. The van der Waals surface area contributed by atoms with Gasteiger partial charge < -0.3 is 14.6 Å². The second-order valence-corrected chi connectivity index (χ2v) is 11.1. The summed E-state index contributed by atoms with van der Waals surface area (Å²) in [7, 11) is 0. The standard InChI is InChI=1S/C33H41N3O2/c1-25-12-5-6-13-26(25)24-32(37)34-21-11-16-31-35-29-14-7-8-15-30(29)36(31)22-9-10-23-38-28-19-17-27(18-20-28)33(2,3)4/h5-8,12-15,17-20H,9-11,16,21-24H2,1-4H3,(H,34,37). The van der Waals surface area contributed by atoms with Crippen LogP contribution in [0.3, 0.4) is 0 Å². The predicted octanol–water partition coefficient (Wildman–Crippen LogP) is 6.79. The second kappa shape index (κ2) is 12.8.